The lowest BCUT2D eigenvalue weighted by Gasteiger charge is -2.38. The lowest BCUT2D eigenvalue weighted by Crippen LogP contribution is -2.47. The highest BCUT2D eigenvalue weighted by Gasteiger charge is 2.59. The molecule has 8 nitrogen and oxygen atoms in total. The number of carboxylic acids is 1. The number of benzene rings is 2. The first-order valence-electron chi connectivity index (χ1n) is 11.6. The number of hydrogen-bond donors (Lipinski definition) is 2. The van der Waals surface area contributed by atoms with Crippen molar-refractivity contribution in [2.45, 2.75) is 30.8 Å². The van der Waals surface area contributed by atoms with Crippen molar-refractivity contribution in [3.8, 4) is 17.4 Å². The Labute approximate surface area is 232 Å². The van der Waals surface area contributed by atoms with Crippen LogP contribution in [0.2, 0.25) is 5.02 Å². The summed E-state index contributed by atoms with van der Waals surface area (Å²) in [5.74, 6) is -4.84. The lowest BCUT2D eigenvalue weighted by molar-refractivity contribution is -0.274. The fraction of sp³-hybridized carbons (Fsp3) is 0.269. The summed E-state index contributed by atoms with van der Waals surface area (Å²) in [7, 11) is 1.35. The van der Waals surface area contributed by atoms with Gasteiger partial charge in [0, 0.05) is 30.3 Å². The predicted molar refractivity (Wildman–Crippen MR) is 131 cm³/mol. The van der Waals surface area contributed by atoms with Gasteiger partial charge in [0.15, 0.2) is 12.2 Å². The number of likely N-dealkylation sites (N-methyl/N-ethyl adjacent to an activating group) is 1. The number of carbonyl (C=O) groups excluding carboxylic acids is 1. The van der Waals surface area contributed by atoms with Crippen LogP contribution >= 0.6 is 11.6 Å². The maximum Gasteiger partial charge on any atom is 0.422 e. The van der Waals surface area contributed by atoms with Gasteiger partial charge in [0.05, 0.1) is 16.8 Å². The number of aromatic carboxylic acids is 1. The number of carboxylic acid groups (broad SMARTS) is 1. The Balaban J connectivity index is 1.70. The molecular formula is C26H19ClF6N2O6. The van der Waals surface area contributed by atoms with Crippen LogP contribution in [0.15, 0.2) is 48.7 Å². The monoisotopic (exact) mass is 604 g/mol. The third kappa shape index (κ3) is 5.48. The van der Waals surface area contributed by atoms with Crippen LogP contribution in [0.3, 0.4) is 0 Å². The highest BCUT2D eigenvalue weighted by atomic mass is 35.5. The normalized spacial score (nSPS) is 16.0. The molecule has 2 atom stereocenters. The summed E-state index contributed by atoms with van der Waals surface area (Å²) in [6.07, 6.45) is -9.82. The zero-order valence-corrected chi connectivity index (χ0v) is 21.7. The van der Waals surface area contributed by atoms with E-state index in [-0.39, 0.29) is 34.4 Å². The van der Waals surface area contributed by atoms with Gasteiger partial charge in [-0.15, -0.1) is 0 Å². The molecule has 2 heterocycles. The van der Waals surface area contributed by atoms with Gasteiger partial charge in [-0.25, -0.2) is 9.78 Å². The van der Waals surface area contributed by atoms with Crippen LogP contribution in [0.25, 0.3) is 0 Å². The molecule has 1 aliphatic heterocycles. The molecule has 0 fully saturated rings. The summed E-state index contributed by atoms with van der Waals surface area (Å²) in [5, 5.41) is 19.8. The van der Waals surface area contributed by atoms with Gasteiger partial charge in [0.2, 0.25) is 5.88 Å². The SMILES string of the molecule is CC(c1ccc(Oc2cc(C(F)(F)F)c(C(=O)O)cn2)cc1Cl)C(O)(c1ccc2c(c1)N(C)C(=O)CO2)C(F)(F)F. The molecule has 2 aromatic carbocycles. The predicted octanol–water partition coefficient (Wildman–Crippen LogP) is 6.15. The summed E-state index contributed by atoms with van der Waals surface area (Å²) in [4.78, 5) is 27.8. The Kier molecular flexibility index (Phi) is 7.60. The number of anilines is 1. The highest BCUT2D eigenvalue weighted by Crippen LogP contribution is 2.51. The lowest BCUT2D eigenvalue weighted by atomic mass is 9.77. The number of aliphatic hydroxyl groups is 1. The second-order valence-corrected chi connectivity index (χ2v) is 9.47. The van der Waals surface area contributed by atoms with E-state index < -0.39 is 58.3 Å². The third-order valence-electron chi connectivity index (χ3n) is 6.62. The molecule has 0 saturated heterocycles. The largest absolute Gasteiger partial charge is 0.482 e. The van der Waals surface area contributed by atoms with E-state index in [4.69, 9.17) is 26.2 Å². The molecule has 3 aromatic rings. The average molecular weight is 605 g/mol. The Morgan fingerprint density at radius 2 is 1.80 bits per heavy atom. The summed E-state index contributed by atoms with van der Waals surface area (Å²) < 4.78 is 93.9. The van der Waals surface area contributed by atoms with Gasteiger partial charge >= 0.3 is 18.3 Å². The molecule has 0 bridgehead atoms. The van der Waals surface area contributed by atoms with Crippen molar-refractivity contribution in [1.29, 1.82) is 0 Å². The van der Waals surface area contributed by atoms with Crippen LogP contribution in [-0.4, -0.2) is 46.9 Å². The molecule has 0 radical (unpaired) electrons. The van der Waals surface area contributed by atoms with Crippen LogP contribution in [0, 0.1) is 0 Å². The van der Waals surface area contributed by atoms with E-state index >= 15 is 0 Å². The maximum absolute atomic E-state index is 14.5. The minimum atomic E-state index is -5.24. The van der Waals surface area contributed by atoms with Crippen LogP contribution in [0.4, 0.5) is 32.0 Å². The van der Waals surface area contributed by atoms with Crippen LogP contribution < -0.4 is 14.4 Å². The Morgan fingerprint density at radius 3 is 2.39 bits per heavy atom. The second kappa shape index (κ2) is 10.4. The second-order valence-electron chi connectivity index (χ2n) is 9.07. The first-order valence-corrected chi connectivity index (χ1v) is 11.9. The van der Waals surface area contributed by atoms with Gasteiger partial charge in [-0.2, -0.15) is 26.3 Å². The van der Waals surface area contributed by atoms with E-state index in [1.807, 2.05) is 0 Å². The van der Waals surface area contributed by atoms with Gasteiger partial charge in [-0.05, 0) is 35.4 Å². The number of pyridine rings is 1. The minimum Gasteiger partial charge on any atom is -0.482 e. The number of nitrogens with zero attached hydrogens (tertiary/aromatic N) is 2. The van der Waals surface area contributed by atoms with E-state index in [0.29, 0.717) is 12.3 Å². The first-order chi connectivity index (χ1) is 18.9. The summed E-state index contributed by atoms with van der Waals surface area (Å²) >= 11 is 6.25. The number of fused-ring (bicyclic) bond motifs is 1. The number of hydrogen-bond acceptors (Lipinski definition) is 6. The molecule has 41 heavy (non-hydrogen) atoms. The van der Waals surface area contributed by atoms with Gasteiger partial charge in [-0.3, -0.25) is 4.79 Å². The average Bonchev–Trinajstić information content (AvgIpc) is 2.88. The van der Waals surface area contributed by atoms with Gasteiger partial charge in [0.25, 0.3) is 5.91 Å². The van der Waals surface area contributed by atoms with E-state index in [1.54, 1.807) is 0 Å². The topological polar surface area (TPSA) is 109 Å². The van der Waals surface area contributed by atoms with Crippen molar-refractivity contribution >= 4 is 29.2 Å². The third-order valence-corrected chi connectivity index (χ3v) is 6.95. The van der Waals surface area contributed by atoms with E-state index in [1.165, 1.54) is 13.1 Å². The number of amides is 1. The minimum absolute atomic E-state index is 0.0168. The van der Waals surface area contributed by atoms with Crippen LogP contribution in [0.1, 0.15) is 39.9 Å². The molecule has 218 valence electrons. The smallest absolute Gasteiger partial charge is 0.422 e. The van der Waals surface area contributed by atoms with Gasteiger partial charge in [-0.1, -0.05) is 30.7 Å². The van der Waals surface area contributed by atoms with Crippen molar-refractivity contribution < 1.29 is 55.6 Å². The molecule has 2 N–H and O–H groups in total. The quantitative estimate of drug-likeness (QED) is 0.325. The molecule has 0 aliphatic carbocycles. The van der Waals surface area contributed by atoms with Crippen molar-refractivity contribution in [2.24, 2.45) is 0 Å². The summed E-state index contributed by atoms with van der Waals surface area (Å²) in [5.41, 5.74) is -6.91. The fourth-order valence-electron chi connectivity index (χ4n) is 4.33. The highest BCUT2D eigenvalue weighted by molar-refractivity contribution is 6.31. The van der Waals surface area contributed by atoms with E-state index in [0.717, 1.165) is 42.2 Å². The molecule has 0 spiro atoms. The first kappa shape index (κ1) is 29.9. The van der Waals surface area contributed by atoms with Crippen molar-refractivity contribution in [2.75, 3.05) is 18.6 Å². The van der Waals surface area contributed by atoms with Crippen LogP contribution in [0.5, 0.6) is 17.4 Å². The van der Waals surface area contributed by atoms with Gasteiger partial charge < -0.3 is 24.6 Å². The number of ether oxygens (including phenoxy) is 2. The zero-order chi connectivity index (χ0) is 30.5. The molecule has 1 aromatic heterocycles. The number of rotatable bonds is 6. The van der Waals surface area contributed by atoms with E-state index in [2.05, 4.69) is 4.98 Å². The molecule has 15 heteroatoms. The summed E-state index contributed by atoms with van der Waals surface area (Å²) in [6, 6.07) is 6.77. The molecule has 1 amide bonds. The molecule has 0 saturated carbocycles. The maximum atomic E-state index is 14.5. The molecule has 2 unspecified atom stereocenters. The van der Waals surface area contributed by atoms with E-state index in [9.17, 15) is 41.0 Å². The van der Waals surface area contributed by atoms with Crippen molar-refractivity contribution in [3.63, 3.8) is 0 Å². The molecular weight excluding hydrogens is 586 g/mol. The standard InChI is InChI=1S/C26H19ClF6N2O6/c1-12(24(39,26(31,32)33)13-3-6-20-19(7-13)35(2)22(36)11-40-20)15-5-4-14(8-18(15)27)41-21-9-17(25(28,29)30)16(10-34-21)23(37)38/h3-10,12,39H,11H2,1-2H3,(H,37,38). The number of halogens is 7. The van der Waals surface area contributed by atoms with Crippen molar-refractivity contribution in [1.82, 2.24) is 4.98 Å². The molecule has 4 rings (SSSR count). The van der Waals surface area contributed by atoms with Gasteiger partial charge in [0.1, 0.15) is 11.5 Å². The zero-order valence-electron chi connectivity index (χ0n) is 21.0. The number of carbonyl (C=O) groups is 2. The Morgan fingerprint density at radius 1 is 1.12 bits per heavy atom. The number of alkyl halides is 6. The Hall–Kier alpha value is -4.04. The molecule has 1 aliphatic rings. The van der Waals surface area contributed by atoms with Crippen molar-refractivity contribution in [3.05, 3.63) is 75.9 Å². The van der Waals surface area contributed by atoms with Crippen LogP contribution in [-0.2, 0) is 16.6 Å². The number of aromatic nitrogens is 1. The fourth-order valence-corrected chi connectivity index (χ4v) is 4.67. The Bertz CT molecular complexity index is 1530. The summed E-state index contributed by atoms with van der Waals surface area (Å²) in [6.45, 7) is 0.769.